The maximum Gasteiger partial charge on any atom is 0.458 e. The maximum absolute atomic E-state index is 12.6. The van der Waals surface area contributed by atoms with Crippen molar-refractivity contribution in [1.29, 1.82) is 0 Å². The number of benzene rings is 1. The molecule has 1 saturated heterocycles. The fraction of sp³-hybridized carbons (Fsp3) is 0.625. The first-order valence-electron chi connectivity index (χ1n) is 7.45. The Morgan fingerprint density at radius 3 is 1.86 bits per heavy atom. The zero-order chi connectivity index (χ0) is 16.8. The molecule has 0 spiro atoms. The molecule has 22 heavy (non-hydrogen) atoms. The highest BCUT2D eigenvalue weighted by molar-refractivity contribution is 6.45. The molecule has 0 bridgehead atoms. The molecular formula is C16H22BF3O2. The summed E-state index contributed by atoms with van der Waals surface area (Å²) >= 11 is 0. The summed E-state index contributed by atoms with van der Waals surface area (Å²) in [5.74, 6) is 0.0528. The molecule has 0 N–H and O–H groups in total. The molecule has 2 nitrogen and oxygen atoms in total. The summed E-state index contributed by atoms with van der Waals surface area (Å²) in [5.41, 5.74) is -0.559. The SMILES string of the molecule is CC(CB1OC(C)(C)C(C)(C)O1)c1ccc(C(F)(F)F)cc1. The normalized spacial score (nSPS) is 21.9. The second kappa shape index (κ2) is 5.57. The highest BCUT2D eigenvalue weighted by atomic mass is 19.4. The quantitative estimate of drug-likeness (QED) is 0.739. The summed E-state index contributed by atoms with van der Waals surface area (Å²) in [7, 11) is -0.345. The Balaban J connectivity index is 2.03. The third kappa shape index (κ3) is 3.49. The predicted octanol–water partition coefficient (Wildman–Crippen LogP) is 4.90. The van der Waals surface area contributed by atoms with Crippen molar-refractivity contribution in [3.8, 4) is 0 Å². The van der Waals surface area contributed by atoms with Gasteiger partial charge in [0, 0.05) is 0 Å². The first kappa shape index (κ1) is 17.4. The Bertz CT molecular complexity index is 507. The highest BCUT2D eigenvalue weighted by Crippen LogP contribution is 2.39. The molecule has 122 valence electrons. The van der Waals surface area contributed by atoms with Gasteiger partial charge in [0.15, 0.2) is 0 Å². The molecule has 0 aliphatic carbocycles. The van der Waals surface area contributed by atoms with Crippen LogP contribution in [-0.4, -0.2) is 18.3 Å². The summed E-state index contributed by atoms with van der Waals surface area (Å²) < 4.78 is 49.6. The van der Waals surface area contributed by atoms with Crippen LogP contribution in [0.15, 0.2) is 24.3 Å². The summed E-state index contributed by atoms with van der Waals surface area (Å²) in [6, 6.07) is 5.30. The number of alkyl halides is 3. The first-order valence-corrected chi connectivity index (χ1v) is 7.45. The van der Waals surface area contributed by atoms with Crippen molar-refractivity contribution in [2.75, 3.05) is 0 Å². The van der Waals surface area contributed by atoms with E-state index < -0.39 is 22.9 Å². The van der Waals surface area contributed by atoms with E-state index in [-0.39, 0.29) is 13.0 Å². The monoisotopic (exact) mass is 314 g/mol. The van der Waals surface area contributed by atoms with E-state index in [2.05, 4.69) is 0 Å². The van der Waals surface area contributed by atoms with Gasteiger partial charge in [-0.15, -0.1) is 0 Å². The molecule has 1 aromatic carbocycles. The summed E-state index contributed by atoms with van der Waals surface area (Å²) in [5, 5.41) is 0. The molecule has 6 heteroatoms. The van der Waals surface area contributed by atoms with Gasteiger partial charge < -0.3 is 9.31 Å². The van der Waals surface area contributed by atoms with Gasteiger partial charge >= 0.3 is 13.3 Å². The zero-order valence-electron chi connectivity index (χ0n) is 13.6. The molecule has 2 rings (SSSR count). The van der Waals surface area contributed by atoms with Crippen LogP contribution in [-0.2, 0) is 15.5 Å². The van der Waals surface area contributed by atoms with Gasteiger partial charge in [-0.2, -0.15) is 13.2 Å². The first-order chi connectivity index (χ1) is 9.92. The van der Waals surface area contributed by atoms with E-state index in [4.69, 9.17) is 9.31 Å². The molecule has 0 radical (unpaired) electrons. The van der Waals surface area contributed by atoms with Crippen LogP contribution in [0.3, 0.4) is 0 Å². The largest absolute Gasteiger partial charge is 0.458 e. The van der Waals surface area contributed by atoms with Crippen molar-refractivity contribution in [3.63, 3.8) is 0 Å². The van der Waals surface area contributed by atoms with E-state index in [1.807, 2.05) is 34.6 Å². The van der Waals surface area contributed by atoms with Crippen LogP contribution in [0, 0.1) is 0 Å². The van der Waals surface area contributed by atoms with Gasteiger partial charge in [0.2, 0.25) is 0 Å². The molecular weight excluding hydrogens is 292 g/mol. The third-order valence-corrected chi connectivity index (χ3v) is 4.66. The van der Waals surface area contributed by atoms with E-state index >= 15 is 0 Å². The minimum atomic E-state index is -4.30. The Labute approximate surface area is 130 Å². The Morgan fingerprint density at radius 1 is 1.00 bits per heavy atom. The fourth-order valence-corrected chi connectivity index (χ4v) is 2.49. The van der Waals surface area contributed by atoms with Gasteiger partial charge in [0.05, 0.1) is 16.8 Å². The smallest absolute Gasteiger partial charge is 0.403 e. The van der Waals surface area contributed by atoms with Crippen LogP contribution in [0.4, 0.5) is 13.2 Å². The van der Waals surface area contributed by atoms with Crippen molar-refractivity contribution in [2.24, 2.45) is 0 Å². The van der Waals surface area contributed by atoms with E-state index in [0.29, 0.717) is 6.32 Å². The molecule has 1 aliphatic heterocycles. The van der Waals surface area contributed by atoms with Crippen molar-refractivity contribution in [1.82, 2.24) is 0 Å². The minimum Gasteiger partial charge on any atom is -0.403 e. The molecule has 1 atom stereocenters. The number of rotatable bonds is 3. The molecule has 1 fully saturated rings. The Morgan fingerprint density at radius 2 is 1.45 bits per heavy atom. The van der Waals surface area contributed by atoms with Crippen molar-refractivity contribution in [2.45, 2.75) is 64.2 Å². The summed E-state index contributed by atoms with van der Waals surface area (Å²) in [4.78, 5) is 0. The second-order valence-corrected chi connectivity index (χ2v) is 6.94. The molecule has 0 aromatic heterocycles. The van der Waals surface area contributed by atoms with E-state index in [1.54, 1.807) is 0 Å². The van der Waals surface area contributed by atoms with E-state index in [9.17, 15) is 13.2 Å². The van der Waals surface area contributed by atoms with Crippen molar-refractivity contribution >= 4 is 7.12 Å². The van der Waals surface area contributed by atoms with E-state index in [0.717, 1.165) is 17.7 Å². The minimum absolute atomic E-state index is 0.0528. The third-order valence-electron chi connectivity index (χ3n) is 4.66. The van der Waals surface area contributed by atoms with Gasteiger partial charge in [0.1, 0.15) is 0 Å². The molecule has 1 heterocycles. The zero-order valence-corrected chi connectivity index (χ0v) is 13.6. The lowest BCUT2D eigenvalue weighted by Gasteiger charge is -2.32. The molecule has 1 unspecified atom stereocenters. The Hall–Kier alpha value is -1.01. The average Bonchev–Trinajstić information content (AvgIpc) is 2.56. The number of hydrogen-bond donors (Lipinski definition) is 0. The van der Waals surface area contributed by atoms with Crippen LogP contribution in [0.25, 0.3) is 0 Å². The number of hydrogen-bond acceptors (Lipinski definition) is 2. The van der Waals surface area contributed by atoms with Crippen LogP contribution in [0.5, 0.6) is 0 Å². The van der Waals surface area contributed by atoms with Gasteiger partial charge in [0.25, 0.3) is 0 Å². The van der Waals surface area contributed by atoms with Crippen molar-refractivity contribution < 1.29 is 22.5 Å². The average molecular weight is 314 g/mol. The molecule has 1 aliphatic rings. The lowest BCUT2D eigenvalue weighted by molar-refractivity contribution is -0.137. The second-order valence-electron chi connectivity index (χ2n) is 6.94. The van der Waals surface area contributed by atoms with Crippen LogP contribution < -0.4 is 0 Å². The lowest BCUT2D eigenvalue weighted by Crippen LogP contribution is -2.41. The maximum atomic E-state index is 12.6. The van der Waals surface area contributed by atoms with Crippen LogP contribution >= 0.6 is 0 Å². The van der Waals surface area contributed by atoms with Gasteiger partial charge in [-0.05, 0) is 57.6 Å². The van der Waals surface area contributed by atoms with Gasteiger partial charge in [-0.3, -0.25) is 0 Å². The summed E-state index contributed by atoms with van der Waals surface area (Å²) in [6.07, 6.45) is -3.69. The van der Waals surface area contributed by atoms with E-state index in [1.165, 1.54) is 12.1 Å². The van der Waals surface area contributed by atoms with Crippen LogP contribution in [0.1, 0.15) is 51.7 Å². The highest BCUT2D eigenvalue weighted by Gasteiger charge is 2.51. The molecule has 1 aromatic rings. The standard InChI is InChI=1S/C16H22BF3O2/c1-11(10-17-21-14(2,3)15(4,5)22-17)12-6-8-13(9-7-12)16(18,19)20/h6-9,11H,10H2,1-5H3. The van der Waals surface area contributed by atoms with Gasteiger partial charge in [-0.25, -0.2) is 0 Å². The topological polar surface area (TPSA) is 18.5 Å². The Kier molecular flexibility index (Phi) is 4.39. The predicted molar refractivity (Wildman–Crippen MR) is 80.7 cm³/mol. The fourth-order valence-electron chi connectivity index (χ4n) is 2.49. The molecule has 0 amide bonds. The molecule has 0 saturated carbocycles. The van der Waals surface area contributed by atoms with Crippen LogP contribution in [0.2, 0.25) is 6.32 Å². The lowest BCUT2D eigenvalue weighted by atomic mass is 9.75. The van der Waals surface area contributed by atoms with Crippen molar-refractivity contribution in [3.05, 3.63) is 35.4 Å². The summed E-state index contributed by atoms with van der Waals surface area (Å²) in [6.45, 7) is 9.89. The van der Waals surface area contributed by atoms with Gasteiger partial charge in [-0.1, -0.05) is 19.1 Å². The number of halogens is 3.